The lowest BCUT2D eigenvalue weighted by atomic mass is 10.1. The molecule has 0 atom stereocenters. The smallest absolute Gasteiger partial charge is 0.230 e. The summed E-state index contributed by atoms with van der Waals surface area (Å²) in [7, 11) is 0. The van der Waals surface area contributed by atoms with Crippen LogP contribution in [0.1, 0.15) is 17.5 Å². The van der Waals surface area contributed by atoms with Crippen molar-refractivity contribution in [2.24, 2.45) is 0 Å². The van der Waals surface area contributed by atoms with Crippen molar-refractivity contribution in [2.45, 2.75) is 18.6 Å². The van der Waals surface area contributed by atoms with E-state index in [1.165, 1.54) is 17.8 Å². The van der Waals surface area contributed by atoms with Gasteiger partial charge in [-0.3, -0.25) is 4.79 Å². The molecule has 2 aromatic rings. The second-order valence-electron chi connectivity index (χ2n) is 5.13. The van der Waals surface area contributed by atoms with Crippen LogP contribution in [-0.4, -0.2) is 18.2 Å². The highest BCUT2D eigenvalue weighted by Gasteiger charge is 2.05. The first-order valence-corrected chi connectivity index (χ1v) is 9.01. The third-order valence-electron chi connectivity index (χ3n) is 3.35. The minimum atomic E-state index is -0.222. The van der Waals surface area contributed by atoms with Gasteiger partial charge in [-0.25, -0.2) is 4.39 Å². The van der Waals surface area contributed by atoms with E-state index in [1.807, 2.05) is 24.3 Å². The molecule has 0 saturated heterocycles. The number of hydrogen-bond donors (Lipinski definition) is 1. The topological polar surface area (TPSA) is 29.1 Å². The Morgan fingerprint density at radius 3 is 2.52 bits per heavy atom. The summed E-state index contributed by atoms with van der Waals surface area (Å²) < 4.78 is 13.4. The Labute approximate surface area is 145 Å². The van der Waals surface area contributed by atoms with Gasteiger partial charge in [0.15, 0.2) is 0 Å². The lowest BCUT2D eigenvalue weighted by Crippen LogP contribution is -2.26. The minimum absolute atomic E-state index is 0.0227. The van der Waals surface area contributed by atoms with Crippen LogP contribution in [-0.2, 0) is 17.0 Å². The molecule has 0 aliphatic rings. The number of hydrogen-bond acceptors (Lipinski definition) is 2. The van der Waals surface area contributed by atoms with E-state index in [2.05, 4.69) is 5.32 Å². The van der Waals surface area contributed by atoms with Gasteiger partial charge >= 0.3 is 0 Å². The Morgan fingerprint density at radius 1 is 1.09 bits per heavy atom. The Bertz CT molecular complexity index is 650. The number of aryl methyl sites for hydroxylation is 1. The second-order valence-corrected chi connectivity index (χ2v) is 6.52. The lowest BCUT2D eigenvalue weighted by molar-refractivity contribution is -0.118. The van der Waals surface area contributed by atoms with E-state index in [0.29, 0.717) is 23.6 Å². The SMILES string of the molecule is O=C(CSCc1ccccc1F)NCCCc1ccccc1Cl. The molecule has 2 rings (SSSR count). The molecule has 0 aliphatic heterocycles. The molecular weight excluding hydrogens is 333 g/mol. The molecule has 0 unspecified atom stereocenters. The molecule has 0 fully saturated rings. The summed E-state index contributed by atoms with van der Waals surface area (Å²) in [6.45, 7) is 0.615. The molecule has 0 saturated carbocycles. The normalized spacial score (nSPS) is 10.5. The van der Waals surface area contributed by atoms with Gasteiger partial charge < -0.3 is 5.32 Å². The van der Waals surface area contributed by atoms with Crippen LogP contribution >= 0.6 is 23.4 Å². The minimum Gasteiger partial charge on any atom is -0.355 e. The zero-order valence-electron chi connectivity index (χ0n) is 12.7. The van der Waals surface area contributed by atoms with Crippen molar-refractivity contribution in [2.75, 3.05) is 12.3 Å². The maximum Gasteiger partial charge on any atom is 0.230 e. The molecule has 0 radical (unpaired) electrons. The van der Waals surface area contributed by atoms with Crippen molar-refractivity contribution in [3.63, 3.8) is 0 Å². The predicted molar refractivity (Wildman–Crippen MR) is 95.3 cm³/mol. The maximum absolute atomic E-state index is 13.4. The van der Waals surface area contributed by atoms with E-state index in [9.17, 15) is 9.18 Å². The molecule has 2 nitrogen and oxygen atoms in total. The van der Waals surface area contributed by atoms with E-state index in [1.54, 1.807) is 18.2 Å². The Balaban J connectivity index is 1.60. The summed E-state index contributed by atoms with van der Waals surface area (Å²) in [6.07, 6.45) is 1.68. The number of thioether (sulfide) groups is 1. The maximum atomic E-state index is 13.4. The van der Waals surface area contributed by atoms with Crippen molar-refractivity contribution in [3.05, 3.63) is 70.5 Å². The molecule has 122 valence electrons. The fourth-order valence-electron chi connectivity index (χ4n) is 2.13. The summed E-state index contributed by atoms with van der Waals surface area (Å²) in [5.74, 6) is 0.589. The number of carbonyl (C=O) groups is 1. The summed E-state index contributed by atoms with van der Waals surface area (Å²) >= 11 is 7.50. The van der Waals surface area contributed by atoms with Crippen LogP contribution < -0.4 is 5.32 Å². The van der Waals surface area contributed by atoms with Crippen LogP contribution in [0.3, 0.4) is 0 Å². The first-order valence-electron chi connectivity index (χ1n) is 7.48. The summed E-state index contributed by atoms with van der Waals surface area (Å²) in [6, 6.07) is 14.4. The van der Waals surface area contributed by atoms with Gasteiger partial charge in [0.1, 0.15) is 5.82 Å². The summed E-state index contributed by atoms with van der Waals surface area (Å²) in [5, 5.41) is 3.64. The van der Waals surface area contributed by atoms with Gasteiger partial charge in [0.05, 0.1) is 5.75 Å². The molecule has 0 heterocycles. The Morgan fingerprint density at radius 2 is 1.78 bits per heavy atom. The Hall–Kier alpha value is -1.52. The highest BCUT2D eigenvalue weighted by Crippen LogP contribution is 2.16. The average Bonchev–Trinajstić information content (AvgIpc) is 2.55. The van der Waals surface area contributed by atoms with Gasteiger partial charge in [-0.2, -0.15) is 0 Å². The largest absolute Gasteiger partial charge is 0.355 e. The fraction of sp³-hybridized carbons (Fsp3) is 0.278. The second kappa shape index (κ2) is 9.58. The van der Waals surface area contributed by atoms with Crippen LogP contribution in [0.5, 0.6) is 0 Å². The van der Waals surface area contributed by atoms with Crippen LogP contribution in [0, 0.1) is 5.82 Å². The first-order chi connectivity index (χ1) is 11.2. The number of amides is 1. The van der Waals surface area contributed by atoms with E-state index in [0.717, 1.165) is 23.4 Å². The molecule has 1 N–H and O–H groups in total. The molecule has 0 bridgehead atoms. The number of benzene rings is 2. The quantitative estimate of drug-likeness (QED) is 0.711. The van der Waals surface area contributed by atoms with Crippen LogP contribution in [0.4, 0.5) is 4.39 Å². The molecule has 0 aromatic heterocycles. The monoisotopic (exact) mass is 351 g/mol. The van der Waals surface area contributed by atoms with E-state index < -0.39 is 0 Å². The van der Waals surface area contributed by atoms with Crippen LogP contribution in [0.15, 0.2) is 48.5 Å². The zero-order chi connectivity index (χ0) is 16.5. The number of nitrogens with one attached hydrogen (secondary N) is 1. The van der Waals surface area contributed by atoms with Gasteiger partial charge in [0, 0.05) is 17.3 Å². The predicted octanol–water partition coefficient (Wildman–Crippen LogP) is 4.46. The molecule has 2 aromatic carbocycles. The van der Waals surface area contributed by atoms with Crippen LogP contribution in [0.2, 0.25) is 5.02 Å². The molecule has 23 heavy (non-hydrogen) atoms. The highest BCUT2D eigenvalue weighted by atomic mass is 35.5. The van der Waals surface area contributed by atoms with Crippen molar-refractivity contribution >= 4 is 29.3 Å². The molecule has 1 amide bonds. The molecular formula is C18H19ClFNOS. The van der Waals surface area contributed by atoms with Gasteiger partial charge in [0.2, 0.25) is 5.91 Å². The number of rotatable bonds is 8. The average molecular weight is 352 g/mol. The van der Waals surface area contributed by atoms with Crippen molar-refractivity contribution < 1.29 is 9.18 Å². The first kappa shape index (κ1) is 17.8. The summed E-state index contributed by atoms with van der Waals surface area (Å²) in [4.78, 5) is 11.7. The van der Waals surface area contributed by atoms with E-state index in [4.69, 9.17) is 11.6 Å². The fourth-order valence-corrected chi connectivity index (χ4v) is 3.20. The standard InChI is InChI=1S/C18H19ClFNOS/c19-16-9-3-1-6-14(16)8-5-11-21-18(22)13-23-12-15-7-2-4-10-17(15)20/h1-4,6-7,9-10H,5,8,11-13H2,(H,21,22). The third kappa shape index (κ3) is 6.24. The number of halogens is 2. The van der Waals surface area contributed by atoms with E-state index in [-0.39, 0.29) is 11.7 Å². The number of carbonyl (C=O) groups excluding carboxylic acids is 1. The van der Waals surface area contributed by atoms with Crippen molar-refractivity contribution in [1.82, 2.24) is 5.32 Å². The molecule has 0 spiro atoms. The van der Waals surface area contributed by atoms with Crippen LogP contribution in [0.25, 0.3) is 0 Å². The van der Waals surface area contributed by atoms with Crippen molar-refractivity contribution in [1.29, 1.82) is 0 Å². The molecule has 5 heteroatoms. The summed E-state index contributed by atoms with van der Waals surface area (Å²) in [5.41, 5.74) is 1.72. The van der Waals surface area contributed by atoms with E-state index >= 15 is 0 Å². The van der Waals surface area contributed by atoms with Crippen molar-refractivity contribution in [3.8, 4) is 0 Å². The van der Waals surface area contributed by atoms with Gasteiger partial charge in [-0.15, -0.1) is 11.8 Å². The highest BCUT2D eigenvalue weighted by molar-refractivity contribution is 7.99. The molecule has 0 aliphatic carbocycles. The lowest BCUT2D eigenvalue weighted by Gasteiger charge is -2.07. The van der Waals surface area contributed by atoms with Gasteiger partial charge in [-0.1, -0.05) is 48.0 Å². The van der Waals surface area contributed by atoms with Gasteiger partial charge in [0.25, 0.3) is 0 Å². The van der Waals surface area contributed by atoms with Gasteiger partial charge in [-0.05, 0) is 36.1 Å². The Kier molecular flexibility index (Phi) is 7.43. The third-order valence-corrected chi connectivity index (χ3v) is 4.70. The zero-order valence-corrected chi connectivity index (χ0v) is 14.3.